The molecule has 21 heavy (non-hydrogen) atoms. The molecule has 0 saturated heterocycles. The smallest absolute Gasteiger partial charge is 0.191 e. The minimum Gasteiger partial charge on any atom is -0.378 e. The van der Waals surface area contributed by atoms with Crippen LogP contribution < -0.4 is 5.32 Å². The third-order valence-electron chi connectivity index (χ3n) is 3.06. The standard InChI is InChI=1S/C17H18ClNOS/c1-2-21-17(20)12-16(13-6-4-3-5-7-13)19-15-10-8-14(18)9-11-15/h3-11,16,19H,2,12H2,1H3. The molecule has 0 aliphatic heterocycles. The largest absolute Gasteiger partial charge is 0.378 e. The normalized spacial score (nSPS) is 11.9. The van der Waals surface area contributed by atoms with Crippen molar-refractivity contribution in [1.82, 2.24) is 0 Å². The van der Waals surface area contributed by atoms with Gasteiger partial charge in [0.1, 0.15) is 0 Å². The number of hydrogen-bond acceptors (Lipinski definition) is 3. The van der Waals surface area contributed by atoms with Crippen LogP contribution in [0.5, 0.6) is 0 Å². The highest BCUT2D eigenvalue weighted by Gasteiger charge is 2.15. The molecule has 0 radical (unpaired) electrons. The lowest BCUT2D eigenvalue weighted by molar-refractivity contribution is -0.111. The van der Waals surface area contributed by atoms with Gasteiger partial charge in [0.2, 0.25) is 0 Å². The molecule has 110 valence electrons. The summed E-state index contributed by atoms with van der Waals surface area (Å²) in [4.78, 5) is 12.0. The molecule has 0 saturated carbocycles. The molecule has 0 heterocycles. The average Bonchev–Trinajstić information content (AvgIpc) is 2.50. The van der Waals surface area contributed by atoms with Crippen molar-refractivity contribution < 1.29 is 4.79 Å². The lowest BCUT2D eigenvalue weighted by Crippen LogP contribution is -2.14. The van der Waals surface area contributed by atoms with E-state index < -0.39 is 0 Å². The predicted octanol–water partition coefficient (Wildman–Crippen LogP) is 5.16. The lowest BCUT2D eigenvalue weighted by Gasteiger charge is -2.19. The minimum absolute atomic E-state index is 0.0288. The highest BCUT2D eigenvalue weighted by molar-refractivity contribution is 8.13. The molecule has 0 aromatic heterocycles. The maximum Gasteiger partial charge on any atom is 0.191 e. The number of nitrogens with one attached hydrogen (secondary N) is 1. The molecule has 2 aromatic rings. The fourth-order valence-corrected chi connectivity index (χ4v) is 2.80. The Morgan fingerprint density at radius 3 is 2.43 bits per heavy atom. The van der Waals surface area contributed by atoms with Gasteiger partial charge in [-0.2, -0.15) is 0 Å². The summed E-state index contributed by atoms with van der Waals surface area (Å²) < 4.78 is 0. The molecule has 1 N–H and O–H groups in total. The van der Waals surface area contributed by atoms with Crippen LogP contribution in [0.4, 0.5) is 5.69 Å². The molecule has 1 atom stereocenters. The molecule has 0 bridgehead atoms. The van der Waals surface area contributed by atoms with Gasteiger partial charge in [0.25, 0.3) is 0 Å². The van der Waals surface area contributed by atoms with E-state index in [4.69, 9.17) is 11.6 Å². The molecule has 2 aromatic carbocycles. The zero-order valence-electron chi connectivity index (χ0n) is 11.9. The van der Waals surface area contributed by atoms with Gasteiger partial charge in [0.15, 0.2) is 5.12 Å². The molecule has 0 spiro atoms. The van der Waals surface area contributed by atoms with Crippen molar-refractivity contribution in [2.75, 3.05) is 11.1 Å². The van der Waals surface area contributed by atoms with E-state index >= 15 is 0 Å². The van der Waals surface area contributed by atoms with Crippen LogP contribution in [0, 0.1) is 0 Å². The van der Waals surface area contributed by atoms with Gasteiger partial charge in [-0.05, 0) is 35.6 Å². The summed E-state index contributed by atoms with van der Waals surface area (Å²) in [7, 11) is 0. The van der Waals surface area contributed by atoms with Crippen molar-refractivity contribution in [3.63, 3.8) is 0 Å². The Morgan fingerprint density at radius 1 is 1.14 bits per heavy atom. The maximum absolute atomic E-state index is 12.0. The predicted molar refractivity (Wildman–Crippen MR) is 92.0 cm³/mol. The van der Waals surface area contributed by atoms with Crippen LogP contribution >= 0.6 is 23.4 Å². The van der Waals surface area contributed by atoms with Crippen LogP contribution in [-0.4, -0.2) is 10.9 Å². The fourth-order valence-electron chi connectivity index (χ4n) is 2.07. The van der Waals surface area contributed by atoms with Gasteiger partial charge in [-0.3, -0.25) is 4.79 Å². The molecular weight excluding hydrogens is 302 g/mol. The quantitative estimate of drug-likeness (QED) is 0.797. The van der Waals surface area contributed by atoms with Gasteiger partial charge in [-0.1, -0.05) is 60.6 Å². The lowest BCUT2D eigenvalue weighted by atomic mass is 10.0. The van der Waals surface area contributed by atoms with E-state index in [1.54, 1.807) is 0 Å². The van der Waals surface area contributed by atoms with E-state index in [0.29, 0.717) is 11.4 Å². The number of halogens is 1. The van der Waals surface area contributed by atoms with E-state index in [1.165, 1.54) is 11.8 Å². The van der Waals surface area contributed by atoms with Crippen LogP contribution in [0.15, 0.2) is 54.6 Å². The molecule has 0 aliphatic rings. The van der Waals surface area contributed by atoms with Gasteiger partial charge in [0.05, 0.1) is 6.04 Å². The first-order chi connectivity index (χ1) is 10.2. The van der Waals surface area contributed by atoms with Gasteiger partial charge >= 0.3 is 0 Å². The van der Waals surface area contributed by atoms with Crippen molar-refractivity contribution in [3.05, 3.63) is 65.2 Å². The Labute approximate surface area is 134 Å². The average molecular weight is 320 g/mol. The third-order valence-corrected chi connectivity index (χ3v) is 4.09. The topological polar surface area (TPSA) is 29.1 Å². The minimum atomic E-state index is -0.0288. The zero-order valence-corrected chi connectivity index (χ0v) is 13.5. The second-order valence-electron chi connectivity index (χ2n) is 4.62. The van der Waals surface area contributed by atoms with Gasteiger partial charge in [-0.25, -0.2) is 0 Å². The van der Waals surface area contributed by atoms with E-state index in [0.717, 1.165) is 17.0 Å². The first-order valence-electron chi connectivity index (χ1n) is 6.91. The number of anilines is 1. The van der Waals surface area contributed by atoms with Crippen molar-refractivity contribution in [3.8, 4) is 0 Å². The molecule has 2 nitrogen and oxygen atoms in total. The number of thioether (sulfide) groups is 1. The Hall–Kier alpha value is -1.45. The molecule has 0 fully saturated rings. The van der Waals surface area contributed by atoms with Crippen molar-refractivity contribution in [2.45, 2.75) is 19.4 Å². The highest BCUT2D eigenvalue weighted by atomic mass is 35.5. The number of carbonyl (C=O) groups excluding carboxylic acids is 1. The van der Waals surface area contributed by atoms with E-state index in [2.05, 4.69) is 5.32 Å². The molecule has 1 unspecified atom stereocenters. The fraction of sp³-hybridized carbons (Fsp3) is 0.235. The van der Waals surface area contributed by atoms with E-state index in [1.807, 2.05) is 61.5 Å². The molecule has 4 heteroatoms. The SMILES string of the molecule is CCSC(=O)CC(Nc1ccc(Cl)cc1)c1ccccc1. The number of hydrogen-bond donors (Lipinski definition) is 1. The summed E-state index contributed by atoms with van der Waals surface area (Å²) in [6.45, 7) is 1.99. The molecule has 0 aliphatic carbocycles. The van der Waals surface area contributed by atoms with E-state index in [-0.39, 0.29) is 11.2 Å². The Balaban J connectivity index is 2.15. The summed E-state index contributed by atoms with van der Waals surface area (Å²) in [6, 6.07) is 17.5. The Bertz CT molecular complexity index is 571. The second kappa shape index (κ2) is 8.11. The summed E-state index contributed by atoms with van der Waals surface area (Å²) in [5.74, 6) is 0.807. The summed E-state index contributed by atoms with van der Waals surface area (Å²) >= 11 is 7.27. The Morgan fingerprint density at radius 2 is 1.81 bits per heavy atom. The van der Waals surface area contributed by atoms with E-state index in [9.17, 15) is 4.79 Å². The van der Waals surface area contributed by atoms with Crippen LogP contribution in [-0.2, 0) is 4.79 Å². The number of benzene rings is 2. The second-order valence-corrected chi connectivity index (χ2v) is 6.38. The molecule has 2 rings (SSSR count). The summed E-state index contributed by atoms with van der Waals surface area (Å²) in [5.41, 5.74) is 2.07. The van der Waals surface area contributed by atoms with Crippen LogP contribution in [0.2, 0.25) is 5.02 Å². The monoisotopic (exact) mass is 319 g/mol. The first kappa shape index (κ1) is 15.9. The summed E-state index contributed by atoms with van der Waals surface area (Å²) in [5, 5.41) is 4.32. The maximum atomic E-state index is 12.0. The van der Waals surface area contributed by atoms with Crippen LogP contribution in [0.3, 0.4) is 0 Å². The van der Waals surface area contributed by atoms with Crippen LogP contribution in [0.1, 0.15) is 24.9 Å². The van der Waals surface area contributed by atoms with Crippen molar-refractivity contribution >= 4 is 34.2 Å². The molecule has 0 amide bonds. The Kier molecular flexibility index (Phi) is 6.15. The molecular formula is C17H18ClNOS. The van der Waals surface area contributed by atoms with Gasteiger partial charge in [0, 0.05) is 17.1 Å². The first-order valence-corrected chi connectivity index (χ1v) is 8.28. The highest BCUT2D eigenvalue weighted by Crippen LogP contribution is 2.25. The number of rotatable bonds is 6. The zero-order chi connectivity index (χ0) is 15.1. The third kappa shape index (κ3) is 5.10. The van der Waals surface area contributed by atoms with Crippen molar-refractivity contribution in [1.29, 1.82) is 0 Å². The summed E-state index contributed by atoms with van der Waals surface area (Å²) in [6.07, 6.45) is 0.463. The number of carbonyl (C=O) groups is 1. The van der Waals surface area contributed by atoms with Crippen LogP contribution in [0.25, 0.3) is 0 Å². The van der Waals surface area contributed by atoms with Gasteiger partial charge < -0.3 is 5.32 Å². The van der Waals surface area contributed by atoms with Crippen molar-refractivity contribution in [2.24, 2.45) is 0 Å². The van der Waals surface area contributed by atoms with Gasteiger partial charge in [-0.15, -0.1) is 0 Å².